The summed E-state index contributed by atoms with van der Waals surface area (Å²) in [6, 6.07) is 15.6. The minimum Gasteiger partial charge on any atom is -0.350 e. The Morgan fingerprint density at radius 1 is 1.24 bits per heavy atom. The smallest absolute Gasteiger partial charge is 0.123 e. The highest BCUT2D eigenvalue weighted by Gasteiger charge is 2.08. The quantitative estimate of drug-likeness (QED) is 0.592. The van der Waals surface area contributed by atoms with Crippen LogP contribution in [-0.2, 0) is 7.05 Å². The molecule has 1 nitrogen and oxygen atoms in total. The van der Waals surface area contributed by atoms with Gasteiger partial charge in [-0.25, -0.2) is 4.39 Å². The number of fused-ring (bicyclic) bond motifs is 1. The Labute approximate surface area is 99.1 Å². The highest BCUT2D eigenvalue weighted by atomic mass is 19.1. The maximum Gasteiger partial charge on any atom is 0.123 e. The predicted molar refractivity (Wildman–Crippen MR) is 67.1 cm³/mol. The van der Waals surface area contributed by atoms with Crippen LogP contribution in [0.5, 0.6) is 0 Å². The summed E-state index contributed by atoms with van der Waals surface area (Å²) in [5, 5.41) is 1.12. The zero-order valence-corrected chi connectivity index (χ0v) is 9.44. The van der Waals surface area contributed by atoms with Gasteiger partial charge in [0.15, 0.2) is 0 Å². The average molecular weight is 224 g/mol. The molecule has 0 N–H and O–H groups in total. The molecule has 2 heteroatoms. The van der Waals surface area contributed by atoms with Crippen LogP contribution in [0, 0.1) is 11.9 Å². The van der Waals surface area contributed by atoms with Crippen LogP contribution >= 0.6 is 0 Å². The van der Waals surface area contributed by atoms with Crippen molar-refractivity contribution in [2.24, 2.45) is 7.05 Å². The van der Waals surface area contributed by atoms with Crippen LogP contribution in [0.25, 0.3) is 22.0 Å². The molecule has 1 aromatic heterocycles. The molecule has 0 aliphatic carbocycles. The van der Waals surface area contributed by atoms with E-state index in [1.807, 2.05) is 42.1 Å². The fourth-order valence-electron chi connectivity index (χ4n) is 2.16. The molecule has 0 atom stereocenters. The molecule has 0 aliphatic heterocycles. The van der Waals surface area contributed by atoms with Gasteiger partial charge in [-0.1, -0.05) is 24.3 Å². The second-order valence-corrected chi connectivity index (χ2v) is 4.11. The summed E-state index contributed by atoms with van der Waals surface area (Å²) in [6.45, 7) is 0. The van der Waals surface area contributed by atoms with Gasteiger partial charge in [0, 0.05) is 29.7 Å². The molecule has 3 rings (SSSR count). The van der Waals surface area contributed by atoms with E-state index in [9.17, 15) is 4.39 Å². The van der Waals surface area contributed by atoms with Crippen molar-refractivity contribution in [3.05, 3.63) is 60.5 Å². The summed E-state index contributed by atoms with van der Waals surface area (Å²) >= 11 is 0. The van der Waals surface area contributed by atoms with Crippen molar-refractivity contribution in [3.8, 4) is 11.1 Å². The summed E-state index contributed by atoms with van der Waals surface area (Å²) < 4.78 is 15.3. The molecule has 1 heterocycles. The number of hydrogen-bond donors (Lipinski definition) is 0. The Kier molecular flexibility index (Phi) is 2.22. The molecule has 0 saturated heterocycles. The van der Waals surface area contributed by atoms with Gasteiger partial charge in [0.05, 0.1) is 0 Å². The SMILES string of the molecule is Cn1cc(-c2cccc(F)c2)c2cc[c]cc21. The van der Waals surface area contributed by atoms with E-state index in [4.69, 9.17) is 0 Å². The summed E-state index contributed by atoms with van der Waals surface area (Å²) in [5.41, 5.74) is 3.06. The average Bonchev–Trinajstić information content (AvgIpc) is 2.68. The number of halogens is 1. The highest BCUT2D eigenvalue weighted by molar-refractivity contribution is 5.95. The van der Waals surface area contributed by atoms with Gasteiger partial charge in [0.1, 0.15) is 5.82 Å². The minimum atomic E-state index is -0.206. The second kappa shape index (κ2) is 3.74. The third-order valence-corrected chi connectivity index (χ3v) is 2.97. The van der Waals surface area contributed by atoms with Crippen molar-refractivity contribution in [1.29, 1.82) is 0 Å². The monoisotopic (exact) mass is 224 g/mol. The Hall–Kier alpha value is -2.09. The van der Waals surface area contributed by atoms with Gasteiger partial charge in [-0.05, 0) is 29.8 Å². The normalized spacial score (nSPS) is 10.9. The highest BCUT2D eigenvalue weighted by Crippen LogP contribution is 2.30. The Bertz CT molecular complexity index is 682. The fourth-order valence-corrected chi connectivity index (χ4v) is 2.16. The molecule has 83 valence electrons. The maximum atomic E-state index is 13.2. The lowest BCUT2D eigenvalue weighted by Gasteiger charge is -1.99. The summed E-state index contributed by atoms with van der Waals surface area (Å²) in [5.74, 6) is -0.206. The molecule has 0 aliphatic rings. The van der Waals surface area contributed by atoms with Gasteiger partial charge >= 0.3 is 0 Å². The van der Waals surface area contributed by atoms with Crippen LogP contribution in [0.1, 0.15) is 0 Å². The first-order valence-electron chi connectivity index (χ1n) is 5.47. The van der Waals surface area contributed by atoms with Crippen molar-refractivity contribution in [3.63, 3.8) is 0 Å². The lowest BCUT2D eigenvalue weighted by atomic mass is 10.1. The number of nitrogens with zero attached hydrogens (tertiary/aromatic N) is 1. The molecular formula is C15H11FN. The molecular weight excluding hydrogens is 213 g/mol. The van der Waals surface area contributed by atoms with Crippen LogP contribution < -0.4 is 0 Å². The zero-order chi connectivity index (χ0) is 11.8. The largest absolute Gasteiger partial charge is 0.350 e. The van der Waals surface area contributed by atoms with Gasteiger partial charge in [0.25, 0.3) is 0 Å². The van der Waals surface area contributed by atoms with E-state index in [0.717, 1.165) is 22.0 Å². The maximum absolute atomic E-state index is 13.2. The second-order valence-electron chi connectivity index (χ2n) is 4.11. The van der Waals surface area contributed by atoms with Gasteiger partial charge in [-0.3, -0.25) is 0 Å². The molecule has 0 bridgehead atoms. The van der Waals surface area contributed by atoms with Crippen molar-refractivity contribution in [1.82, 2.24) is 4.57 Å². The summed E-state index contributed by atoms with van der Waals surface area (Å²) in [6.07, 6.45) is 2.02. The molecule has 0 amide bonds. The molecule has 3 aromatic rings. The first kappa shape index (κ1) is 10.1. The fraction of sp³-hybridized carbons (Fsp3) is 0.0667. The summed E-state index contributed by atoms with van der Waals surface area (Å²) in [4.78, 5) is 0. The van der Waals surface area contributed by atoms with E-state index in [0.29, 0.717) is 0 Å². The van der Waals surface area contributed by atoms with Crippen molar-refractivity contribution in [2.75, 3.05) is 0 Å². The minimum absolute atomic E-state index is 0.206. The van der Waals surface area contributed by atoms with Gasteiger partial charge in [0.2, 0.25) is 0 Å². The lowest BCUT2D eigenvalue weighted by molar-refractivity contribution is 0.628. The topological polar surface area (TPSA) is 4.93 Å². The molecule has 1 radical (unpaired) electrons. The third-order valence-electron chi connectivity index (χ3n) is 2.97. The number of benzene rings is 2. The lowest BCUT2D eigenvalue weighted by Crippen LogP contribution is -1.82. The number of rotatable bonds is 1. The predicted octanol–water partition coefficient (Wildman–Crippen LogP) is 3.78. The molecule has 2 aromatic carbocycles. The van der Waals surface area contributed by atoms with E-state index in [-0.39, 0.29) is 5.82 Å². The van der Waals surface area contributed by atoms with Gasteiger partial charge < -0.3 is 4.57 Å². The third kappa shape index (κ3) is 1.62. The molecule has 0 spiro atoms. The summed E-state index contributed by atoms with van der Waals surface area (Å²) in [7, 11) is 1.99. The van der Waals surface area contributed by atoms with E-state index in [1.165, 1.54) is 6.07 Å². The number of aromatic nitrogens is 1. The van der Waals surface area contributed by atoms with Gasteiger partial charge in [-0.15, -0.1) is 0 Å². The molecule has 0 unspecified atom stereocenters. The van der Waals surface area contributed by atoms with E-state index >= 15 is 0 Å². The molecule has 17 heavy (non-hydrogen) atoms. The van der Waals surface area contributed by atoms with Crippen LogP contribution in [-0.4, -0.2) is 4.57 Å². The Morgan fingerprint density at radius 3 is 2.94 bits per heavy atom. The van der Waals surface area contributed by atoms with E-state index < -0.39 is 0 Å². The number of hydrogen-bond acceptors (Lipinski definition) is 0. The van der Waals surface area contributed by atoms with Crippen LogP contribution in [0.2, 0.25) is 0 Å². The Morgan fingerprint density at radius 2 is 2.12 bits per heavy atom. The standard InChI is InChI=1S/C15H11FN/c1-17-10-14(11-5-4-6-12(16)9-11)13-7-2-3-8-15(13)17/h2,4-10H,1H3. The van der Waals surface area contributed by atoms with Crippen molar-refractivity contribution >= 4 is 10.9 Å². The first-order valence-corrected chi connectivity index (χ1v) is 5.47. The molecule has 0 saturated carbocycles. The van der Waals surface area contributed by atoms with E-state index in [2.05, 4.69) is 6.07 Å². The van der Waals surface area contributed by atoms with Crippen molar-refractivity contribution < 1.29 is 4.39 Å². The zero-order valence-electron chi connectivity index (χ0n) is 9.44. The first-order chi connectivity index (χ1) is 8.25. The van der Waals surface area contributed by atoms with Gasteiger partial charge in [-0.2, -0.15) is 0 Å². The van der Waals surface area contributed by atoms with Crippen molar-refractivity contribution in [2.45, 2.75) is 0 Å². The Balaban J connectivity index is 2.31. The number of aryl methyl sites for hydroxylation is 1. The van der Waals surface area contributed by atoms with E-state index in [1.54, 1.807) is 12.1 Å². The van der Waals surface area contributed by atoms with Crippen LogP contribution in [0.15, 0.2) is 48.7 Å². The van der Waals surface area contributed by atoms with Crippen LogP contribution in [0.3, 0.4) is 0 Å². The molecule has 0 fully saturated rings. The van der Waals surface area contributed by atoms with Crippen LogP contribution in [0.4, 0.5) is 4.39 Å².